The quantitative estimate of drug-likeness (QED) is 0.574. The Labute approximate surface area is 161 Å². The molecule has 0 radical (unpaired) electrons. The standard InChI is InChI=1S/C17H12ClF4N5O/c18-8-1-2-11(19)10(5-8)12-7-13(25-9-3-4-24-14(23)6-9)17(27-26-12)28-16(22)15(20)21/h1-7,15-16H,(H3,23,24,25,26). The van der Waals surface area contributed by atoms with Crippen LogP contribution in [0.15, 0.2) is 42.6 Å². The van der Waals surface area contributed by atoms with Crippen molar-refractivity contribution in [1.29, 1.82) is 0 Å². The van der Waals surface area contributed by atoms with Gasteiger partial charge in [-0.05, 0) is 30.3 Å². The number of nitrogens with one attached hydrogen (secondary N) is 1. The molecule has 1 atom stereocenters. The summed E-state index contributed by atoms with van der Waals surface area (Å²) in [5.41, 5.74) is 5.96. The van der Waals surface area contributed by atoms with E-state index in [-0.39, 0.29) is 27.8 Å². The molecule has 11 heteroatoms. The van der Waals surface area contributed by atoms with Crippen molar-refractivity contribution in [3.05, 3.63) is 53.4 Å². The lowest BCUT2D eigenvalue weighted by Crippen LogP contribution is -2.21. The van der Waals surface area contributed by atoms with Gasteiger partial charge >= 0.3 is 6.43 Å². The van der Waals surface area contributed by atoms with Gasteiger partial charge in [0.1, 0.15) is 17.3 Å². The number of halogens is 5. The lowest BCUT2D eigenvalue weighted by molar-refractivity contribution is -0.0690. The molecule has 0 saturated heterocycles. The zero-order valence-electron chi connectivity index (χ0n) is 13.9. The third-order valence-corrected chi connectivity index (χ3v) is 3.68. The molecule has 28 heavy (non-hydrogen) atoms. The molecule has 3 rings (SSSR count). The molecule has 146 valence electrons. The smallest absolute Gasteiger partial charge is 0.304 e. The largest absolute Gasteiger partial charge is 0.434 e. The number of pyridine rings is 1. The summed E-state index contributed by atoms with van der Waals surface area (Å²) >= 11 is 5.88. The van der Waals surface area contributed by atoms with Gasteiger partial charge in [-0.2, -0.15) is 4.39 Å². The van der Waals surface area contributed by atoms with E-state index in [9.17, 15) is 17.6 Å². The van der Waals surface area contributed by atoms with Crippen molar-refractivity contribution in [2.24, 2.45) is 0 Å². The Kier molecular flexibility index (Phi) is 5.78. The number of hydrogen-bond donors (Lipinski definition) is 2. The van der Waals surface area contributed by atoms with Gasteiger partial charge in [-0.15, -0.1) is 10.2 Å². The molecular weight excluding hydrogens is 402 g/mol. The van der Waals surface area contributed by atoms with Gasteiger partial charge in [0.2, 0.25) is 0 Å². The molecule has 0 aliphatic carbocycles. The molecule has 1 unspecified atom stereocenters. The summed E-state index contributed by atoms with van der Waals surface area (Å²) in [5.74, 6) is -1.01. The van der Waals surface area contributed by atoms with Crippen LogP contribution in [-0.2, 0) is 0 Å². The van der Waals surface area contributed by atoms with Gasteiger partial charge in [-0.25, -0.2) is 18.2 Å². The number of rotatable bonds is 6. The Balaban J connectivity index is 2.04. The maximum atomic E-state index is 14.1. The van der Waals surface area contributed by atoms with E-state index in [1.807, 2.05) is 0 Å². The Morgan fingerprint density at radius 3 is 2.57 bits per heavy atom. The normalized spacial score (nSPS) is 12.1. The minimum absolute atomic E-state index is 0.00880. The predicted molar refractivity (Wildman–Crippen MR) is 95.9 cm³/mol. The van der Waals surface area contributed by atoms with Crippen molar-refractivity contribution in [1.82, 2.24) is 15.2 Å². The Hall–Kier alpha value is -3.14. The van der Waals surface area contributed by atoms with Crippen LogP contribution < -0.4 is 15.8 Å². The summed E-state index contributed by atoms with van der Waals surface area (Å²) < 4.78 is 57.0. The topological polar surface area (TPSA) is 86.0 Å². The first kappa shape index (κ1) is 19.6. The van der Waals surface area contributed by atoms with E-state index >= 15 is 0 Å². The molecule has 0 saturated carbocycles. The summed E-state index contributed by atoms with van der Waals surface area (Å²) in [4.78, 5) is 3.82. The third kappa shape index (κ3) is 4.58. The van der Waals surface area contributed by atoms with Crippen LogP contribution in [0.4, 0.5) is 34.8 Å². The highest BCUT2D eigenvalue weighted by Gasteiger charge is 2.24. The first-order valence-electron chi connectivity index (χ1n) is 7.74. The maximum absolute atomic E-state index is 14.1. The second kappa shape index (κ2) is 8.26. The summed E-state index contributed by atoms with van der Waals surface area (Å²) in [6.45, 7) is 0. The molecule has 2 aromatic heterocycles. The number of nitrogens with zero attached hydrogens (tertiary/aromatic N) is 3. The minimum atomic E-state index is -3.39. The Bertz CT molecular complexity index is 992. The highest BCUT2D eigenvalue weighted by Crippen LogP contribution is 2.32. The lowest BCUT2D eigenvalue weighted by Gasteiger charge is -2.15. The maximum Gasteiger partial charge on any atom is 0.304 e. The molecule has 0 aliphatic heterocycles. The zero-order valence-corrected chi connectivity index (χ0v) is 14.7. The first-order valence-corrected chi connectivity index (χ1v) is 8.12. The number of alkyl halides is 3. The monoisotopic (exact) mass is 413 g/mol. The minimum Gasteiger partial charge on any atom is -0.434 e. The number of hydrogen-bond acceptors (Lipinski definition) is 6. The van der Waals surface area contributed by atoms with Crippen LogP contribution >= 0.6 is 11.6 Å². The fraction of sp³-hybridized carbons (Fsp3) is 0.118. The van der Waals surface area contributed by atoms with E-state index in [1.54, 1.807) is 0 Å². The van der Waals surface area contributed by atoms with Crippen molar-refractivity contribution >= 4 is 28.8 Å². The van der Waals surface area contributed by atoms with Crippen molar-refractivity contribution < 1.29 is 22.3 Å². The van der Waals surface area contributed by atoms with Crippen LogP contribution in [0.2, 0.25) is 5.02 Å². The van der Waals surface area contributed by atoms with Crippen LogP contribution in [0.25, 0.3) is 11.3 Å². The van der Waals surface area contributed by atoms with E-state index in [2.05, 4.69) is 25.2 Å². The van der Waals surface area contributed by atoms with E-state index in [1.165, 1.54) is 36.5 Å². The van der Waals surface area contributed by atoms with E-state index < -0.39 is 24.5 Å². The van der Waals surface area contributed by atoms with Crippen LogP contribution in [0, 0.1) is 5.82 Å². The Morgan fingerprint density at radius 1 is 1.07 bits per heavy atom. The second-order valence-electron chi connectivity index (χ2n) is 5.47. The van der Waals surface area contributed by atoms with Crippen LogP contribution in [0.1, 0.15) is 0 Å². The number of nitrogens with two attached hydrogens (primary N) is 1. The van der Waals surface area contributed by atoms with Gasteiger partial charge in [-0.1, -0.05) is 11.6 Å². The number of benzene rings is 1. The second-order valence-corrected chi connectivity index (χ2v) is 5.91. The highest BCUT2D eigenvalue weighted by molar-refractivity contribution is 6.30. The average Bonchev–Trinajstić information content (AvgIpc) is 2.65. The SMILES string of the molecule is Nc1cc(Nc2cc(-c3cc(Cl)ccc3F)nnc2OC(F)C(F)F)ccn1. The lowest BCUT2D eigenvalue weighted by atomic mass is 10.1. The molecule has 0 amide bonds. The van der Waals surface area contributed by atoms with Gasteiger partial charge in [0.15, 0.2) is 0 Å². The van der Waals surface area contributed by atoms with Crippen molar-refractivity contribution in [3.8, 4) is 17.1 Å². The van der Waals surface area contributed by atoms with Gasteiger partial charge in [0, 0.05) is 28.5 Å². The summed E-state index contributed by atoms with van der Waals surface area (Å²) in [5, 5.41) is 10.4. The van der Waals surface area contributed by atoms with E-state index in [0.29, 0.717) is 5.69 Å². The molecule has 0 aliphatic rings. The summed E-state index contributed by atoms with van der Waals surface area (Å²) in [7, 11) is 0. The number of ether oxygens (including phenoxy) is 1. The molecule has 0 spiro atoms. The zero-order chi connectivity index (χ0) is 20.3. The average molecular weight is 414 g/mol. The molecule has 3 N–H and O–H groups in total. The molecule has 6 nitrogen and oxygen atoms in total. The van der Waals surface area contributed by atoms with Crippen molar-refractivity contribution in [3.63, 3.8) is 0 Å². The van der Waals surface area contributed by atoms with Gasteiger partial charge in [-0.3, -0.25) is 0 Å². The molecule has 3 aromatic rings. The molecule has 2 heterocycles. The molecular formula is C17H12ClF4N5O. The van der Waals surface area contributed by atoms with Gasteiger partial charge in [0.25, 0.3) is 12.2 Å². The number of aromatic nitrogens is 3. The van der Waals surface area contributed by atoms with Crippen molar-refractivity contribution in [2.45, 2.75) is 12.8 Å². The summed E-state index contributed by atoms with van der Waals surface area (Å²) in [6.07, 6.45) is -4.93. The third-order valence-electron chi connectivity index (χ3n) is 3.45. The highest BCUT2D eigenvalue weighted by atomic mass is 35.5. The fourth-order valence-electron chi connectivity index (χ4n) is 2.22. The van der Waals surface area contributed by atoms with Crippen LogP contribution in [0.3, 0.4) is 0 Å². The van der Waals surface area contributed by atoms with Crippen LogP contribution in [-0.4, -0.2) is 28.0 Å². The number of nitrogen functional groups attached to an aromatic ring is 1. The fourth-order valence-corrected chi connectivity index (χ4v) is 2.39. The Morgan fingerprint density at radius 2 is 1.86 bits per heavy atom. The van der Waals surface area contributed by atoms with Crippen molar-refractivity contribution in [2.75, 3.05) is 11.1 Å². The predicted octanol–water partition coefficient (Wildman–Crippen LogP) is 4.60. The molecule has 1 aromatic carbocycles. The molecule has 0 fully saturated rings. The van der Waals surface area contributed by atoms with Gasteiger partial charge in [0.05, 0.1) is 5.69 Å². The molecule has 0 bridgehead atoms. The summed E-state index contributed by atoms with van der Waals surface area (Å²) in [6, 6.07) is 8.00. The first-order chi connectivity index (χ1) is 13.3. The van der Waals surface area contributed by atoms with Crippen LogP contribution in [0.5, 0.6) is 5.88 Å². The number of anilines is 3. The van der Waals surface area contributed by atoms with E-state index in [0.717, 1.165) is 6.07 Å². The van der Waals surface area contributed by atoms with Gasteiger partial charge < -0.3 is 15.8 Å². The van der Waals surface area contributed by atoms with E-state index in [4.69, 9.17) is 17.3 Å².